The molecule has 1 aromatic rings. The summed E-state index contributed by atoms with van der Waals surface area (Å²) in [5, 5.41) is 19.9. The topological polar surface area (TPSA) is 163 Å². The van der Waals surface area contributed by atoms with E-state index in [4.69, 9.17) is 15.9 Å². The SMILES string of the molecule is NC(=O)C[C@@H](NC(=O)c1cc(O)[nH]c(=O)c1)C(=O)O. The molecule has 6 N–H and O–H groups in total. The lowest BCUT2D eigenvalue weighted by molar-refractivity contribution is -0.140. The Hall–Kier alpha value is -2.84. The van der Waals surface area contributed by atoms with Gasteiger partial charge in [0.25, 0.3) is 11.5 Å². The maximum atomic E-state index is 11.7. The van der Waals surface area contributed by atoms with Gasteiger partial charge in [0, 0.05) is 12.1 Å². The zero-order valence-corrected chi connectivity index (χ0v) is 9.54. The largest absolute Gasteiger partial charge is 0.494 e. The first kappa shape index (κ1) is 14.2. The standard InChI is InChI=1S/C10H11N3O6/c11-6(14)3-5(10(18)19)12-9(17)4-1-7(15)13-8(16)2-4/h1-2,5H,3H2,(H2,11,14)(H,12,17)(H,18,19)(H2,13,15,16)/t5-/m1/s1. The van der Waals surface area contributed by atoms with Gasteiger partial charge >= 0.3 is 5.97 Å². The molecule has 1 rings (SSSR count). The molecule has 1 heterocycles. The first-order valence-corrected chi connectivity index (χ1v) is 5.05. The maximum Gasteiger partial charge on any atom is 0.326 e. The van der Waals surface area contributed by atoms with Crippen molar-refractivity contribution >= 4 is 17.8 Å². The minimum Gasteiger partial charge on any atom is -0.494 e. The molecule has 2 amide bonds. The maximum absolute atomic E-state index is 11.7. The third-order valence-corrected chi connectivity index (χ3v) is 2.10. The molecule has 0 aliphatic rings. The molecule has 0 saturated heterocycles. The van der Waals surface area contributed by atoms with E-state index in [1.165, 1.54) is 0 Å². The van der Waals surface area contributed by atoms with Crippen LogP contribution in [0.3, 0.4) is 0 Å². The molecule has 0 unspecified atom stereocenters. The van der Waals surface area contributed by atoms with E-state index in [1.807, 2.05) is 10.3 Å². The van der Waals surface area contributed by atoms with E-state index < -0.39 is 41.7 Å². The summed E-state index contributed by atoms with van der Waals surface area (Å²) >= 11 is 0. The van der Waals surface area contributed by atoms with Crippen molar-refractivity contribution < 1.29 is 24.6 Å². The summed E-state index contributed by atoms with van der Waals surface area (Å²) in [6.45, 7) is 0. The van der Waals surface area contributed by atoms with Crippen molar-refractivity contribution in [2.75, 3.05) is 0 Å². The van der Waals surface area contributed by atoms with Crippen LogP contribution in [0.5, 0.6) is 5.88 Å². The van der Waals surface area contributed by atoms with Crippen LogP contribution in [0.25, 0.3) is 0 Å². The average Bonchev–Trinajstić information content (AvgIpc) is 2.25. The van der Waals surface area contributed by atoms with Crippen LogP contribution in [0.4, 0.5) is 0 Å². The summed E-state index contributed by atoms with van der Waals surface area (Å²) in [4.78, 5) is 46.1. The van der Waals surface area contributed by atoms with Gasteiger partial charge < -0.3 is 21.3 Å². The van der Waals surface area contributed by atoms with Gasteiger partial charge in [0.2, 0.25) is 5.91 Å². The van der Waals surface area contributed by atoms with E-state index in [0.717, 1.165) is 12.1 Å². The predicted molar refractivity (Wildman–Crippen MR) is 61.4 cm³/mol. The van der Waals surface area contributed by atoms with Crippen molar-refractivity contribution in [1.82, 2.24) is 10.3 Å². The lowest BCUT2D eigenvalue weighted by Crippen LogP contribution is -2.43. The predicted octanol–water partition coefficient (Wildman–Crippen LogP) is -1.86. The number of hydrogen-bond acceptors (Lipinski definition) is 5. The fourth-order valence-electron chi connectivity index (χ4n) is 1.30. The van der Waals surface area contributed by atoms with Crippen molar-refractivity contribution in [2.24, 2.45) is 5.73 Å². The highest BCUT2D eigenvalue weighted by Crippen LogP contribution is 2.05. The molecule has 0 radical (unpaired) electrons. The molecular formula is C10H11N3O6. The molecule has 0 saturated carbocycles. The van der Waals surface area contributed by atoms with Crippen LogP contribution in [0.1, 0.15) is 16.8 Å². The Morgan fingerprint density at radius 2 is 2.00 bits per heavy atom. The summed E-state index contributed by atoms with van der Waals surface area (Å²) in [5.74, 6) is -3.81. The number of aliphatic carboxylic acids is 1. The molecule has 0 aliphatic carbocycles. The summed E-state index contributed by atoms with van der Waals surface area (Å²) in [6, 6.07) is 0.310. The van der Waals surface area contributed by atoms with Crippen LogP contribution in [-0.4, -0.2) is 39.0 Å². The highest BCUT2D eigenvalue weighted by atomic mass is 16.4. The first-order valence-electron chi connectivity index (χ1n) is 5.05. The monoisotopic (exact) mass is 269 g/mol. The third kappa shape index (κ3) is 4.15. The Morgan fingerprint density at radius 3 is 2.47 bits per heavy atom. The molecule has 1 atom stereocenters. The van der Waals surface area contributed by atoms with Crippen molar-refractivity contribution in [2.45, 2.75) is 12.5 Å². The normalized spacial score (nSPS) is 11.6. The van der Waals surface area contributed by atoms with Crippen LogP contribution in [-0.2, 0) is 9.59 Å². The van der Waals surface area contributed by atoms with Crippen molar-refractivity contribution in [3.05, 3.63) is 28.0 Å². The van der Waals surface area contributed by atoms with E-state index in [9.17, 15) is 19.2 Å². The van der Waals surface area contributed by atoms with E-state index in [1.54, 1.807) is 0 Å². The van der Waals surface area contributed by atoms with Gasteiger partial charge in [-0.25, -0.2) is 4.79 Å². The molecule has 0 spiro atoms. The molecule has 0 bridgehead atoms. The Bertz CT molecular complexity index is 579. The number of amides is 2. The number of aromatic hydroxyl groups is 1. The number of aromatic amines is 1. The fraction of sp³-hybridized carbons (Fsp3) is 0.200. The number of primary amides is 1. The minimum atomic E-state index is -1.51. The Balaban J connectivity index is 2.90. The molecule has 0 aromatic carbocycles. The second-order valence-corrected chi connectivity index (χ2v) is 3.65. The van der Waals surface area contributed by atoms with Gasteiger partial charge in [-0.15, -0.1) is 0 Å². The summed E-state index contributed by atoms with van der Waals surface area (Å²) in [5.41, 5.74) is 3.88. The lowest BCUT2D eigenvalue weighted by atomic mass is 10.1. The molecule has 102 valence electrons. The van der Waals surface area contributed by atoms with E-state index in [0.29, 0.717) is 0 Å². The molecule has 0 fully saturated rings. The highest BCUT2D eigenvalue weighted by molar-refractivity contribution is 5.97. The van der Waals surface area contributed by atoms with Crippen molar-refractivity contribution in [3.8, 4) is 5.88 Å². The number of nitrogens with one attached hydrogen (secondary N) is 2. The molecule has 9 nitrogen and oxygen atoms in total. The highest BCUT2D eigenvalue weighted by Gasteiger charge is 2.23. The van der Waals surface area contributed by atoms with Gasteiger partial charge in [0.15, 0.2) is 5.88 Å². The number of nitrogens with two attached hydrogens (primary N) is 1. The Labute approximate surface area is 106 Å². The summed E-state index contributed by atoms with van der Waals surface area (Å²) in [6.07, 6.45) is -0.587. The van der Waals surface area contributed by atoms with E-state index >= 15 is 0 Å². The van der Waals surface area contributed by atoms with Gasteiger partial charge in [-0.1, -0.05) is 0 Å². The van der Waals surface area contributed by atoms with Gasteiger partial charge in [-0.05, 0) is 0 Å². The smallest absolute Gasteiger partial charge is 0.326 e. The Morgan fingerprint density at radius 1 is 1.37 bits per heavy atom. The van der Waals surface area contributed by atoms with Crippen LogP contribution in [0.15, 0.2) is 16.9 Å². The van der Waals surface area contributed by atoms with Crippen LogP contribution in [0, 0.1) is 0 Å². The molecular weight excluding hydrogens is 258 g/mol. The molecule has 19 heavy (non-hydrogen) atoms. The number of hydrogen-bond donors (Lipinski definition) is 5. The van der Waals surface area contributed by atoms with E-state index in [2.05, 4.69) is 0 Å². The number of carboxylic acids is 1. The number of aromatic nitrogens is 1. The quantitative estimate of drug-likeness (QED) is 0.420. The second-order valence-electron chi connectivity index (χ2n) is 3.65. The number of carbonyl (C=O) groups excluding carboxylic acids is 2. The number of rotatable bonds is 5. The van der Waals surface area contributed by atoms with Gasteiger partial charge in [-0.3, -0.25) is 19.4 Å². The average molecular weight is 269 g/mol. The minimum absolute atomic E-state index is 0.239. The van der Waals surface area contributed by atoms with Gasteiger partial charge in [-0.2, -0.15) is 0 Å². The van der Waals surface area contributed by atoms with Crippen molar-refractivity contribution in [1.29, 1.82) is 0 Å². The Kier molecular flexibility index (Phi) is 4.24. The van der Waals surface area contributed by atoms with Gasteiger partial charge in [0.05, 0.1) is 12.0 Å². The molecule has 9 heteroatoms. The summed E-state index contributed by atoms with van der Waals surface area (Å²) < 4.78 is 0. The zero-order chi connectivity index (χ0) is 14.6. The molecule has 1 aromatic heterocycles. The number of carboxylic acid groups (broad SMARTS) is 1. The summed E-state index contributed by atoms with van der Waals surface area (Å²) in [7, 11) is 0. The zero-order valence-electron chi connectivity index (χ0n) is 9.54. The van der Waals surface area contributed by atoms with Crippen LogP contribution >= 0.6 is 0 Å². The third-order valence-electron chi connectivity index (χ3n) is 2.10. The van der Waals surface area contributed by atoms with E-state index in [-0.39, 0.29) is 5.56 Å². The molecule has 0 aliphatic heterocycles. The second kappa shape index (κ2) is 5.67. The van der Waals surface area contributed by atoms with Crippen LogP contribution < -0.4 is 16.6 Å². The fourth-order valence-corrected chi connectivity index (χ4v) is 1.30. The lowest BCUT2D eigenvalue weighted by Gasteiger charge is -2.12. The number of H-pyrrole nitrogens is 1. The number of carbonyl (C=O) groups is 3. The first-order chi connectivity index (χ1) is 8.79. The van der Waals surface area contributed by atoms with Crippen LogP contribution in [0.2, 0.25) is 0 Å². The number of pyridine rings is 1. The van der Waals surface area contributed by atoms with Crippen molar-refractivity contribution in [3.63, 3.8) is 0 Å². The van der Waals surface area contributed by atoms with Gasteiger partial charge in [0.1, 0.15) is 6.04 Å².